The highest BCUT2D eigenvalue weighted by molar-refractivity contribution is 5.90. The largest absolute Gasteiger partial charge is 0.325 e. The van der Waals surface area contributed by atoms with Crippen LogP contribution >= 0.6 is 0 Å². The predicted molar refractivity (Wildman–Crippen MR) is 67.7 cm³/mol. The van der Waals surface area contributed by atoms with Crippen molar-refractivity contribution in [2.75, 3.05) is 5.32 Å². The molecule has 0 aliphatic carbocycles. The number of rotatable bonds is 4. The van der Waals surface area contributed by atoms with Crippen molar-refractivity contribution in [3.63, 3.8) is 0 Å². The Morgan fingerprint density at radius 2 is 2.32 bits per heavy atom. The quantitative estimate of drug-likeness (QED) is 0.855. The smallest absolute Gasteiger partial charge is 0.246 e. The van der Waals surface area contributed by atoms with Crippen LogP contribution in [0.15, 0.2) is 24.4 Å². The van der Waals surface area contributed by atoms with Gasteiger partial charge in [-0.1, -0.05) is 11.3 Å². The molecule has 3 N–H and O–H groups in total. The Hall–Kier alpha value is -2.28. The highest BCUT2D eigenvalue weighted by atomic mass is 19.1. The zero-order valence-electron chi connectivity index (χ0n) is 10.4. The molecule has 1 aromatic heterocycles. The number of carbonyl (C=O) groups is 1. The van der Waals surface area contributed by atoms with Gasteiger partial charge in [-0.15, -0.1) is 5.10 Å². The standard InChI is InChI=1S/C12H14FN5O/c1-8-2-3-10(13)11(4-8)15-12(19)7-18-6-9(5-14)16-17-18/h2-4,6H,5,7,14H2,1H3,(H,15,19). The second-order valence-electron chi connectivity index (χ2n) is 4.14. The van der Waals surface area contributed by atoms with Crippen molar-refractivity contribution in [1.29, 1.82) is 0 Å². The summed E-state index contributed by atoms with van der Waals surface area (Å²) in [5.74, 6) is -0.849. The molecular formula is C12H14FN5O. The van der Waals surface area contributed by atoms with Crippen LogP contribution < -0.4 is 11.1 Å². The van der Waals surface area contributed by atoms with Crippen molar-refractivity contribution in [2.24, 2.45) is 5.73 Å². The summed E-state index contributed by atoms with van der Waals surface area (Å²) in [6.45, 7) is 2.04. The van der Waals surface area contributed by atoms with Gasteiger partial charge in [0.1, 0.15) is 12.4 Å². The molecule has 0 aliphatic rings. The number of aromatic nitrogens is 3. The number of carbonyl (C=O) groups excluding carboxylic acids is 1. The average molecular weight is 263 g/mol. The molecule has 0 atom stereocenters. The van der Waals surface area contributed by atoms with E-state index in [1.165, 1.54) is 10.7 Å². The van der Waals surface area contributed by atoms with Gasteiger partial charge in [0.05, 0.1) is 17.6 Å². The first-order valence-electron chi connectivity index (χ1n) is 5.73. The van der Waals surface area contributed by atoms with Crippen LogP contribution in [0.5, 0.6) is 0 Å². The number of hydrogen-bond donors (Lipinski definition) is 2. The van der Waals surface area contributed by atoms with Crippen molar-refractivity contribution < 1.29 is 9.18 Å². The molecule has 19 heavy (non-hydrogen) atoms. The van der Waals surface area contributed by atoms with Crippen molar-refractivity contribution in [1.82, 2.24) is 15.0 Å². The van der Waals surface area contributed by atoms with Crippen molar-refractivity contribution >= 4 is 11.6 Å². The minimum Gasteiger partial charge on any atom is -0.325 e. The Labute approximate surface area is 109 Å². The fourth-order valence-electron chi connectivity index (χ4n) is 1.58. The molecule has 1 aromatic carbocycles. The number of benzene rings is 1. The van der Waals surface area contributed by atoms with Gasteiger partial charge in [0.25, 0.3) is 0 Å². The lowest BCUT2D eigenvalue weighted by atomic mass is 10.2. The lowest BCUT2D eigenvalue weighted by Gasteiger charge is -2.07. The first-order valence-corrected chi connectivity index (χ1v) is 5.73. The van der Waals surface area contributed by atoms with Gasteiger partial charge in [-0.2, -0.15) is 0 Å². The number of nitrogens with two attached hydrogens (primary N) is 1. The molecule has 2 aromatic rings. The summed E-state index contributed by atoms with van der Waals surface area (Å²) in [4.78, 5) is 11.7. The Balaban J connectivity index is 2.03. The molecule has 6 nitrogen and oxygen atoms in total. The first-order chi connectivity index (χ1) is 9.08. The number of amides is 1. The average Bonchev–Trinajstić information content (AvgIpc) is 2.81. The van der Waals surface area contributed by atoms with Gasteiger partial charge in [-0.25, -0.2) is 9.07 Å². The third-order valence-electron chi connectivity index (χ3n) is 2.50. The fourth-order valence-corrected chi connectivity index (χ4v) is 1.58. The number of halogens is 1. The van der Waals surface area contributed by atoms with Gasteiger partial charge in [-0.05, 0) is 24.6 Å². The summed E-state index contributed by atoms with van der Waals surface area (Å²) in [6.07, 6.45) is 1.58. The van der Waals surface area contributed by atoms with E-state index in [0.29, 0.717) is 5.69 Å². The maximum atomic E-state index is 13.5. The molecule has 0 radical (unpaired) electrons. The van der Waals surface area contributed by atoms with Crippen LogP contribution in [0.4, 0.5) is 10.1 Å². The van der Waals surface area contributed by atoms with E-state index in [4.69, 9.17) is 5.73 Å². The van der Waals surface area contributed by atoms with Gasteiger partial charge in [0.15, 0.2) is 0 Å². The van der Waals surface area contributed by atoms with Crippen LogP contribution in [0.25, 0.3) is 0 Å². The third kappa shape index (κ3) is 3.35. The van der Waals surface area contributed by atoms with Crippen LogP contribution in [0.2, 0.25) is 0 Å². The van der Waals surface area contributed by atoms with Crippen molar-refractivity contribution in [3.8, 4) is 0 Å². The van der Waals surface area contributed by atoms with Crippen molar-refractivity contribution in [3.05, 3.63) is 41.5 Å². The Morgan fingerprint density at radius 1 is 1.53 bits per heavy atom. The van der Waals surface area contributed by atoms with Crippen LogP contribution in [0.1, 0.15) is 11.3 Å². The maximum absolute atomic E-state index is 13.5. The molecular weight excluding hydrogens is 249 g/mol. The zero-order valence-corrected chi connectivity index (χ0v) is 10.4. The summed E-state index contributed by atoms with van der Waals surface area (Å²) in [5, 5.41) is 9.99. The first kappa shape index (κ1) is 13.2. The molecule has 0 saturated carbocycles. The Morgan fingerprint density at radius 3 is 3.00 bits per heavy atom. The Bertz CT molecular complexity index is 596. The van der Waals surface area contributed by atoms with E-state index in [-0.39, 0.29) is 24.7 Å². The molecule has 1 amide bonds. The van der Waals surface area contributed by atoms with E-state index < -0.39 is 5.82 Å². The topological polar surface area (TPSA) is 85.8 Å². The second kappa shape index (κ2) is 5.57. The second-order valence-corrected chi connectivity index (χ2v) is 4.14. The lowest BCUT2D eigenvalue weighted by Crippen LogP contribution is -2.19. The molecule has 0 spiro atoms. The van der Waals surface area contributed by atoms with Crippen molar-refractivity contribution in [2.45, 2.75) is 20.0 Å². The number of nitrogens with one attached hydrogen (secondary N) is 1. The summed E-state index contributed by atoms with van der Waals surface area (Å²) in [5.41, 5.74) is 7.00. The van der Waals surface area contributed by atoms with E-state index in [9.17, 15) is 9.18 Å². The minimum absolute atomic E-state index is 0.0413. The maximum Gasteiger partial charge on any atom is 0.246 e. The molecule has 7 heteroatoms. The monoisotopic (exact) mass is 263 g/mol. The molecule has 2 rings (SSSR count). The molecule has 100 valence electrons. The summed E-state index contributed by atoms with van der Waals surface area (Å²) in [7, 11) is 0. The normalized spacial score (nSPS) is 10.5. The van der Waals surface area contributed by atoms with Crippen LogP contribution in [0, 0.1) is 12.7 Å². The van der Waals surface area contributed by atoms with Crippen LogP contribution in [-0.4, -0.2) is 20.9 Å². The number of hydrogen-bond acceptors (Lipinski definition) is 4. The lowest BCUT2D eigenvalue weighted by molar-refractivity contribution is -0.116. The van der Waals surface area contributed by atoms with Crippen LogP contribution in [0.3, 0.4) is 0 Å². The molecule has 0 saturated heterocycles. The van der Waals surface area contributed by atoms with Gasteiger partial charge in [0, 0.05) is 6.54 Å². The van der Waals surface area contributed by atoms with E-state index in [1.807, 2.05) is 6.92 Å². The van der Waals surface area contributed by atoms with Gasteiger partial charge in [-0.3, -0.25) is 4.79 Å². The fraction of sp³-hybridized carbons (Fsp3) is 0.250. The zero-order chi connectivity index (χ0) is 13.8. The summed E-state index contributed by atoms with van der Waals surface area (Å²) < 4.78 is 14.8. The van der Waals surface area contributed by atoms with E-state index >= 15 is 0 Å². The number of nitrogens with zero attached hydrogens (tertiary/aromatic N) is 3. The van der Waals surface area contributed by atoms with Gasteiger partial charge in [0.2, 0.25) is 5.91 Å². The highest BCUT2D eigenvalue weighted by Gasteiger charge is 2.09. The molecule has 0 fully saturated rings. The van der Waals surface area contributed by atoms with Gasteiger partial charge < -0.3 is 11.1 Å². The summed E-state index contributed by atoms with van der Waals surface area (Å²) in [6, 6.07) is 4.52. The number of aryl methyl sites for hydroxylation is 1. The molecule has 0 bridgehead atoms. The Kier molecular flexibility index (Phi) is 3.86. The number of anilines is 1. The molecule has 0 aliphatic heterocycles. The molecule has 0 unspecified atom stereocenters. The minimum atomic E-state index is -0.472. The van der Waals surface area contributed by atoms with E-state index in [0.717, 1.165) is 5.56 Å². The SMILES string of the molecule is Cc1ccc(F)c(NC(=O)Cn2cc(CN)nn2)c1. The van der Waals surface area contributed by atoms with Gasteiger partial charge >= 0.3 is 0 Å². The predicted octanol–water partition coefficient (Wildman–Crippen LogP) is 0.823. The van der Waals surface area contributed by atoms with Crippen LogP contribution in [-0.2, 0) is 17.9 Å². The van der Waals surface area contributed by atoms with E-state index in [2.05, 4.69) is 15.6 Å². The highest BCUT2D eigenvalue weighted by Crippen LogP contribution is 2.15. The summed E-state index contributed by atoms with van der Waals surface area (Å²) >= 11 is 0. The van der Waals surface area contributed by atoms with E-state index in [1.54, 1.807) is 18.3 Å². The molecule has 1 heterocycles. The third-order valence-corrected chi connectivity index (χ3v) is 2.50.